The highest BCUT2D eigenvalue weighted by Crippen LogP contribution is 2.15. The summed E-state index contributed by atoms with van der Waals surface area (Å²) in [6.45, 7) is 4.38. The van der Waals surface area contributed by atoms with Gasteiger partial charge in [-0.3, -0.25) is 9.79 Å². The van der Waals surface area contributed by atoms with Gasteiger partial charge in [-0.1, -0.05) is 32.0 Å². The van der Waals surface area contributed by atoms with Crippen LogP contribution in [-0.4, -0.2) is 33.6 Å². The lowest BCUT2D eigenvalue weighted by atomic mass is 10.1. The van der Waals surface area contributed by atoms with E-state index in [1.807, 2.05) is 38.1 Å². The van der Waals surface area contributed by atoms with Crippen molar-refractivity contribution < 1.29 is 17.6 Å². The van der Waals surface area contributed by atoms with Gasteiger partial charge >= 0.3 is 0 Å². The molecule has 31 heavy (non-hydrogen) atoms. The molecule has 168 valence electrons. The topological polar surface area (TPSA) is 99.7 Å². The third-order valence-corrected chi connectivity index (χ3v) is 5.30. The Hall–Kier alpha value is -2.94. The van der Waals surface area contributed by atoms with Crippen LogP contribution in [0.4, 0.5) is 10.1 Å². The Bertz CT molecular complexity index is 1040. The lowest BCUT2D eigenvalue weighted by Gasteiger charge is -2.15. The number of sulfone groups is 1. The van der Waals surface area contributed by atoms with Gasteiger partial charge in [0.05, 0.1) is 5.75 Å². The lowest BCUT2D eigenvalue weighted by Crippen LogP contribution is -2.36. The van der Waals surface area contributed by atoms with E-state index in [2.05, 4.69) is 20.9 Å². The van der Waals surface area contributed by atoms with Gasteiger partial charge in [0.25, 0.3) is 0 Å². The highest BCUT2D eigenvalue weighted by atomic mass is 32.2. The molecule has 0 fully saturated rings. The van der Waals surface area contributed by atoms with Gasteiger partial charge < -0.3 is 16.0 Å². The molecule has 0 saturated carbocycles. The highest BCUT2D eigenvalue weighted by molar-refractivity contribution is 7.89. The summed E-state index contributed by atoms with van der Waals surface area (Å²) in [5.41, 5.74) is 2.81. The average Bonchev–Trinajstić information content (AvgIpc) is 2.70. The standard InChI is InChI=1S/C22H29FN4O3S/c1-15(2)21(28)27-20-9-5-16(6-10-20)12-25-22(24-3)26-13-18-11-19(23)8-7-17(18)14-31(4,29)30/h5-11,15H,12-14H2,1-4H3,(H,27,28)(H2,24,25,26). The first-order valence-electron chi connectivity index (χ1n) is 9.86. The molecule has 0 atom stereocenters. The fourth-order valence-corrected chi connectivity index (χ4v) is 3.61. The minimum atomic E-state index is -3.24. The van der Waals surface area contributed by atoms with Crippen LogP contribution in [-0.2, 0) is 33.5 Å². The number of halogens is 1. The molecule has 3 N–H and O–H groups in total. The van der Waals surface area contributed by atoms with E-state index in [4.69, 9.17) is 0 Å². The summed E-state index contributed by atoms with van der Waals surface area (Å²) >= 11 is 0. The summed E-state index contributed by atoms with van der Waals surface area (Å²) in [7, 11) is -1.63. The summed E-state index contributed by atoms with van der Waals surface area (Å²) in [6, 6.07) is 11.5. The van der Waals surface area contributed by atoms with Crippen LogP contribution < -0.4 is 16.0 Å². The summed E-state index contributed by atoms with van der Waals surface area (Å²) < 4.78 is 36.9. The smallest absolute Gasteiger partial charge is 0.226 e. The SMILES string of the molecule is CN=C(NCc1ccc(NC(=O)C(C)C)cc1)NCc1cc(F)ccc1CS(C)(=O)=O. The molecule has 0 radical (unpaired) electrons. The molecule has 0 saturated heterocycles. The average molecular weight is 449 g/mol. The maximum absolute atomic E-state index is 13.7. The number of aliphatic imine (C=N–C) groups is 1. The molecule has 2 aromatic rings. The lowest BCUT2D eigenvalue weighted by molar-refractivity contribution is -0.118. The third-order valence-electron chi connectivity index (χ3n) is 4.46. The van der Waals surface area contributed by atoms with Crippen molar-refractivity contribution in [1.82, 2.24) is 10.6 Å². The van der Waals surface area contributed by atoms with Gasteiger partial charge in [0.2, 0.25) is 5.91 Å². The van der Waals surface area contributed by atoms with Crippen LogP contribution in [0.25, 0.3) is 0 Å². The Morgan fingerprint density at radius 2 is 1.68 bits per heavy atom. The number of nitrogens with zero attached hydrogens (tertiary/aromatic N) is 1. The van der Waals surface area contributed by atoms with E-state index in [1.165, 1.54) is 18.2 Å². The Balaban J connectivity index is 1.95. The molecule has 0 aromatic heterocycles. The zero-order valence-corrected chi connectivity index (χ0v) is 19.0. The van der Waals surface area contributed by atoms with Crippen LogP contribution >= 0.6 is 0 Å². The number of benzene rings is 2. The molecule has 0 bridgehead atoms. The van der Waals surface area contributed by atoms with Gasteiger partial charge in [-0.05, 0) is 41.0 Å². The maximum atomic E-state index is 13.7. The molecule has 0 unspecified atom stereocenters. The minimum Gasteiger partial charge on any atom is -0.352 e. The molecule has 1 amide bonds. The van der Waals surface area contributed by atoms with Gasteiger partial charge in [0, 0.05) is 38.0 Å². The highest BCUT2D eigenvalue weighted by Gasteiger charge is 2.11. The molecule has 0 aliphatic rings. The first-order chi connectivity index (χ1) is 14.6. The van der Waals surface area contributed by atoms with Gasteiger partial charge in [-0.2, -0.15) is 0 Å². The summed E-state index contributed by atoms with van der Waals surface area (Å²) in [4.78, 5) is 15.9. The van der Waals surface area contributed by atoms with E-state index >= 15 is 0 Å². The molecule has 7 nitrogen and oxygen atoms in total. The number of guanidine groups is 1. The normalized spacial score (nSPS) is 12.0. The van der Waals surface area contributed by atoms with Gasteiger partial charge in [-0.15, -0.1) is 0 Å². The van der Waals surface area contributed by atoms with Crippen molar-refractivity contribution in [3.8, 4) is 0 Å². The van der Waals surface area contributed by atoms with Crippen molar-refractivity contribution in [3.05, 3.63) is 65.0 Å². The number of anilines is 1. The number of hydrogen-bond acceptors (Lipinski definition) is 4. The van der Waals surface area contributed by atoms with Gasteiger partial charge in [0.1, 0.15) is 5.82 Å². The van der Waals surface area contributed by atoms with E-state index in [0.29, 0.717) is 23.6 Å². The monoisotopic (exact) mass is 448 g/mol. The number of carbonyl (C=O) groups excluding carboxylic acids is 1. The fraction of sp³-hybridized carbons (Fsp3) is 0.364. The van der Waals surface area contributed by atoms with Crippen molar-refractivity contribution in [3.63, 3.8) is 0 Å². The maximum Gasteiger partial charge on any atom is 0.226 e. The largest absolute Gasteiger partial charge is 0.352 e. The van der Waals surface area contributed by atoms with Crippen LogP contribution in [0.5, 0.6) is 0 Å². The molecule has 0 heterocycles. The molecular formula is C22H29FN4O3S. The molecule has 0 aliphatic carbocycles. The number of hydrogen-bond donors (Lipinski definition) is 3. The van der Waals surface area contributed by atoms with Gasteiger partial charge in [-0.25, -0.2) is 12.8 Å². The van der Waals surface area contributed by atoms with Crippen LogP contribution in [0.3, 0.4) is 0 Å². The van der Waals surface area contributed by atoms with Crippen LogP contribution in [0.15, 0.2) is 47.5 Å². The Labute approximate surface area is 183 Å². The van der Waals surface area contributed by atoms with Crippen LogP contribution in [0.1, 0.15) is 30.5 Å². The fourth-order valence-electron chi connectivity index (χ4n) is 2.76. The summed E-state index contributed by atoms with van der Waals surface area (Å²) in [6.07, 6.45) is 1.15. The second kappa shape index (κ2) is 10.9. The molecule has 0 spiro atoms. The zero-order valence-electron chi connectivity index (χ0n) is 18.2. The number of nitrogens with one attached hydrogen (secondary N) is 3. The Morgan fingerprint density at radius 3 is 2.26 bits per heavy atom. The summed E-state index contributed by atoms with van der Waals surface area (Å²) in [5.74, 6) is -0.223. The van der Waals surface area contributed by atoms with Crippen molar-refractivity contribution >= 4 is 27.4 Å². The second-order valence-electron chi connectivity index (χ2n) is 7.60. The van der Waals surface area contributed by atoms with E-state index in [9.17, 15) is 17.6 Å². The summed E-state index contributed by atoms with van der Waals surface area (Å²) in [5, 5.41) is 9.08. The number of carbonyl (C=O) groups is 1. The quantitative estimate of drug-likeness (QED) is 0.426. The van der Waals surface area contributed by atoms with Crippen LogP contribution in [0, 0.1) is 11.7 Å². The number of rotatable bonds is 8. The van der Waals surface area contributed by atoms with Crippen molar-refractivity contribution in [2.45, 2.75) is 32.7 Å². The van der Waals surface area contributed by atoms with Crippen LogP contribution in [0.2, 0.25) is 0 Å². The van der Waals surface area contributed by atoms with E-state index in [-0.39, 0.29) is 24.1 Å². The van der Waals surface area contributed by atoms with Crippen molar-refractivity contribution in [1.29, 1.82) is 0 Å². The predicted octanol–water partition coefficient (Wildman–Crippen LogP) is 2.83. The van der Waals surface area contributed by atoms with E-state index in [1.54, 1.807) is 7.05 Å². The minimum absolute atomic E-state index is 0.0388. The second-order valence-corrected chi connectivity index (χ2v) is 9.74. The van der Waals surface area contributed by atoms with Gasteiger partial charge in [0.15, 0.2) is 15.8 Å². The molecule has 9 heteroatoms. The van der Waals surface area contributed by atoms with E-state index in [0.717, 1.165) is 17.5 Å². The number of amides is 1. The van der Waals surface area contributed by atoms with Crippen molar-refractivity contribution in [2.24, 2.45) is 10.9 Å². The molecule has 2 aromatic carbocycles. The first kappa shape index (κ1) is 24.3. The first-order valence-corrected chi connectivity index (χ1v) is 11.9. The Morgan fingerprint density at radius 1 is 1.03 bits per heavy atom. The van der Waals surface area contributed by atoms with E-state index < -0.39 is 15.7 Å². The Kier molecular flexibility index (Phi) is 8.56. The molecule has 0 aliphatic heterocycles. The molecule has 2 rings (SSSR count). The van der Waals surface area contributed by atoms with Crippen molar-refractivity contribution in [2.75, 3.05) is 18.6 Å². The third kappa shape index (κ3) is 8.37. The molecular weight excluding hydrogens is 419 g/mol. The predicted molar refractivity (Wildman–Crippen MR) is 122 cm³/mol. The zero-order chi connectivity index (χ0) is 23.0.